The van der Waals surface area contributed by atoms with E-state index in [4.69, 9.17) is 5.73 Å². The Kier molecular flexibility index (Phi) is 3.65. The van der Waals surface area contributed by atoms with E-state index in [-0.39, 0.29) is 13.4 Å². The van der Waals surface area contributed by atoms with Gasteiger partial charge in [0.2, 0.25) is 0 Å². The van der Waals surface area contributed by atoms with Crippen LogP contribution in [0.5, 0.6) is 0 Å². The minimum atomic E-state index is -0.281. The number of ether oxygens (including phenoxy) is 1. The predicted molar refractivity (Wildman–Crippen MR) is 57.7 cm³/mol. The molecule has 1 aliphatic carbocycles. The van der Waals surface area contributed by atoms with Crippen molar-refractivity contribution in [2.75, 3.05) is 7.11 Å². The smallest absolute Gasteiger partial charge is 0.334 e. The third kappa shape index (κ3) is 2.57. The Hall–Kier alpha value is -1.35. The molecule has 1 aliphatic rings. The molecule has 0 radical (unpaired) electrons. The maximum Gasteiger partial charge on any atom is 0.334 e. The quantitative estimate of drug-likeness (QED) is 0.680. The average molecular weight is 195 g/mol. The fourth-order valence-corrected chi connectivity index (χ4v) is 1.23. The Labute approximate surface area is 85.4 Å². The van der Waals surface area contributed by atoms with Gasteiger partial charge in [-0.15, -0.1) is 0 Å². The molecule has 1 rings (SSSR count). The molecule has 0 fully saturated rings. The minimum absolute atomic E-state index is 0. The third-order valence-electron chi connectivity index (χ3n) is 2.10. The van der Waals surface area contributed by atoms with E-state index in [2.05, 4.69) is 4.74 Å². The van der Waals surface area contributed by atoms with Crippen molar-refractivity contribution in [2.24, 2.45) is 5.73 Å². The molecule has 0 saturated heterocycles. The molecule has 2 N–H and O–H groups in total. The molecule has 0 unspecified atom stereocenters. The van der Waals surface area contributed by atoms with Crippen LogP contribution < -0.4 is 5.73 Å². The molecule has 0 aliphatic heterocycles. The van der Waals surface area contributed by atoms with Gasteiger partial charge in [0.25, 0.3) is 0 Å². The van der Waals surface area contributed by atoms with E-state index in [0.717, 1.165) is 5.57 Å². The number of nitrogens with two attached hydrogens (primary N) is 1. The van der Waals surface area contributed by atoms with E-state index in [9.17, 15) is 4.79 Å². The van der Waals surface area contributed by atoms with Crippen LogP contribution in [-0.2, 0) is 9.53 Å². The molecular weight excluding hydrogens is 178 g/mol. The third-order valence-corrected chi connectivity index (χ3v) is 2.10. The fourth-order valence-electron chi connectivity index (χ4n) is 1.23. The van der Waals surface area contributed by atoms with E-state index >= 15 is 0 Å². The SMILES string of the molecule is COC(=O)C1=CC=C([C@H](C)N)C=CC1.[HH]. The normalized spacial score (nSPS) is 17.9. The van der Waals surface area contributed by atoms with Crippen LogP contribution in [0.15, 0.2) is 35.5 Å². The van der Waals surface area contributed by atoms with Gasteiger partial charge in [0.15, 0.2) is 0 Å². The largest absolute Gasteiger partial charge is 0.466 e. The van der Waals surface area contributed by atoms with Crippen molar-refractivity contribution in [1.82, 2.24) is 0 Å². The predicted octanol–water partition coefficient (Wildman–Crippen LogP) is 1.57. The maximum atomic E-state index is 11.2. The summed E-state index contributed by atoms with van der Waals surface area (Å²) >= 11 is 0. The van der Waals surface area contributed by atoms with E-state index in [1.807, 2.05) is 25.2 Å². The first-order valence-corrected chi connectivity index (χ1v) is 4.56. The Morgan fingerprint density at radius 2 is 2.36 bits per heavy atom. The summed E-state index contributed by atoms with van der Waals surface area (Å²) in [4.78, 5) is 11.2. The van der Waals surface area contributed by atoms with E-state index < -0.39 is 0 Å². The number of carbonyl (C=O) groups is 1. The van der Waals surface area contributed by atoms with Crippen molar-refractivity contribution in [1.29, 1.82) is 0 Å². The monoisotopic (exact) mass is 195 g/mol. The molecule has 0 spiro atoms. The molecule has 0 aromatic rings. The molecular formula is C11H17NO2. The van der Waals surface area contributed by atoms with Crippen LogP contribution in [0.4, 0.5) is 0 Å². The van der Waals surface area contributed by atoms with Crippen molar-refractivity contribution in [3.63, 3.8) is 0 Å². The van der Waals surface area contributed by atoms with Gasteiger partial charge in [-0.25, -0.2) is 4.79 Å². The van der Waals surface area contributed by atoms with Crippen LogP contribution in [0.2, 0.25) is 0 Å². The van der Waals surface area contributed by atoms with Crippen LogP contribution in [-0.4, -0.2) is 19.1 Å². The Bertz CT molecular complexity index is 317. The molecule has 0 heterocycles. The summed E-state index contributed by atoms with van der Waals surface area (Å²) in [5.41, 5.74) is 7.40. The zero-order chi connectivity index (χ0) is 10.6. The van der Waals surface area contributed by atoms with E-state index in [1.54, 1.807) is 6.08 Å². The first-order chi connectivity index (χ1) is 6.65. The maximum absolute atomic E-state index is 11.2. The Morgan fingerprint density at radius 3 is 2.93 bits per heavy atom. The summed E-state index contributed by atoms with van der Waals surface area (Å²) in [6.45, 7) is 1.91. The summed E-state index contributed by atoms with van der Waals surface area (Å²) in [5.74, 6) is -0.281. The van der Waals surface area contributed by atoms with Gasteiger partial charge in [-0.05, 0) is 18.9 Å². The second kappa shape index (κ2) is 4.77. The van der Waals surface area contributed by atoms with Crippen molar-refractivity contribution < 1.29 is 11.0 Å². The second-order valence-electron chi connectivity index (χ2n) is 3.25. The number of hydrogen-bond donors (Lipinski definition) is 1. The van der Waals surface area contributed by atoms with Crippen LogP contribution >= 0.6 is 0 Å². The van der Waals surface area contributed by atoms with E-state index in [0.29, 0.717) is 12.0 Å². The summed E-state index contributed by atoms with van der Waals surface area (Å²) in [6, 6.07) is -0.0144. The lowest BCUT2D eigenvalue weighted by atomic mass is 10.1. The minimum Gasteiger partial charge on any atom is -0.466 e. The number of esters is 1. The van der Waals surface area contributed by atoms with Crippen LogP contribution in [0, 0.1) is 0 Å². The van der Waals surface area contributed by atoms with Gasteiger partial charge in [0.1, 0.15) is 0 Å². The lowest BCUT2D eigenvalue weighted by Crippen LogP contribution is -2.16. The Morgan fingerprint density at radius 1 is 1.64 bits per heavy atom. The number of allylic oxidation sites excluding steroid dienone is 3. The summed E-state index contributed by atoms with van der Waals surface area (Å²) in [7, 11) is 1.38. The van der Waals surface area contributed by atoms with Crippen molar-refractivity contribution in [2.45, 2.75) is 19.4 Å². The first-order valence-electron chi connectivity index (χ1n) is 4.56. The fraction of sp³-hybridized carbons (Fsp3) is 0.364. The molecule has 0 saturated carbocycles. The molecule has 3 nitrogen and oxygen atoms in total. The average Bonchev–Trinajstić information content (AvgIpc) is 2.41. The number of methoxy groups -OCH3 is 1. The summed E-state index contributed by atoms with van der Waals surface area (Å²) in [6.07, 6.45) is 8.09. The van der Waals surface area contributed by atoms with Gasteiger partial charge in [-0.2, -0.15) is 0 Å². The van der Waals surface area contributed by atoms with Crippen LogP contribution in [0.3, 0.4) is 0 Å². The van der Waals surface area contributed by atoms with Crippen LogP contribution in [0.1, 0.15) is 14.8 Å². The highest BCUT2D eigenvalue weighted by Crippen LogP contribution is 2.13. The summed E-state index contributed by atoms with van der Waals surface area (Å²) in [5, 5.41) is 0. The standard InChI is InChI=1S/C11H15NO2.H2/c1-8(12)9-4-3-5-10(7-6-9)11(13)14-2;/h3-4,6-8H,5,12H2,1-2H3;1H/t8-;/m0./s1. The second-order valence-corrected chi connectivity index (χ2v) is 3.25. The zero-order valence-electron chi connectivity index (χ0n) is 8.49. The highest BCUT2D eigenvalue weighted by atomic mass is 16.5. The molecule has 3 heteroatoms. The highest BCUT2D eigenvalue weighted by molar-refractivity contribution is 5.89. The lowest BCUT2D eigenvalue weighted by molar-refractivity contribution is -0.136. The van der Waals surface area contributed by atoms with Gasteiger partial charge in [0.05, 0.1) is 7.11 Å². The molecule has 0 aromatic heterocycles. The van der Waals surface area contributed by atoms with Crippen molar-refractivity contribution in [3.8, 4) is 0 Å². The highest BCUT2D eigenvalue weighted by Gasteiger charge is 2.09. The van der Waals surface area contributed by atoms with Gasteiger partial charge in [0, 0.05) is 13.0 Å². The molecule has 0 aromatic carbocycles. The number of hydrogen-bond acceptors (Lipinski definition) is 3. The zero-order valence-corrected chi connectivity index (χ0v) is 8.49. The topological polar surface area (TPSA) is 52.3 Å². The van der Waals surface area contributed by atoms with Gasteiger partial charge in [-0.3, -0.25) is 0 Å². The number of carbonyl (C=O) groups excluding carboxylic acids is 1. The molecule has 0 bridgehead atoms. The first kappa shape index (κ1) is 10.7. The number of rotatable bonds is 2. The van der Waals surface area contributed by atoms with Gasteiger partial charge >= 0.3 is 5.97 Å². The molecule has 14 heavy (non-hydrogen) atoms. The molecule has 0 amide bonds. The van der Waals surface area contributed by atoms with Gasteiger partial charge in [-0.1, -0.05) is 24.3 Å². The van der Waals surface area contributed by atoms with Crippen LogP contribution in [0.25, 0.3) is 0 Å². The summed E-state index contributed by atoms with van der Waals surface area (Å²) < 4.78 is 4.64. The van der Waals surface area contributed by atoms with Gasteiger partial charge < -0.3 is 10.5 Å². The van der Waals surface area contributed by atoms with E-state index in [1.165, 1.54) is 7.11 Å². The molecule has 78 valence electrons. The lowest BCUT2D eigenvalue weighted by Gasteiger charge is -2.03. The Balaban J connectivity index is 0.00000196. The van der Waals surface area contributed by atoms with Crippen molar-refractivity contribution >= 4 is 5.97 Å². The van der Waals surface area contributed by atoms with Crippen molar-refractivity contribution in [3.05, 3.63) is 35.5 Å². The molecule has 1 atom stereocenters.